The maximum Gasteiger partial charge on any atom is 0.225 e. The molecule has 0 radical (unpaired) electrons. The summed E-state index contributed by atoms with van der Waals surface area (Å²) in [6.07, 6.45) is 7.00. The van der Waals surface area contributed by atoms with Crippen molar-refractivity contribution in [3.63, 3.8) is 0 Å². The highest BCUT2D eigenvalue weighted by Crippen LogP contribution is 2.35. The zero-order chi connectivity index (χ0) is 21.4. The van der Waals surface area contributed by atoms with Gasteiger partial charge < -0.3 is 9.80 Å². The summed E-state index contributed by atoms with van der Waals surface area (Å²) < 4.78 is 0. The molecule has 1 saturated carbocycles. The number of hydrogen-bond donors (Lipinski definition) is 0. The maximum atomic E-state index is 12.6. The molecule has 2 unspecified atom stereocenters. The number of benzene rings is 2. The van der Waals surface area contributed by atoms with Gasteiger partial charge in [0.05, 0.1) is 0 Å². The standard InChI is InChI=1S/C28H36N2O/c1-20-19-30(28(31)25-10-11-25)17-14-24-9-12-26(18-27(20)24)23-7-5-22(6-8-23)13-16-29-15-3-4-21(29)2/h5-9,12,18,20-21,25H,3-4,10-11,13-17,19H2,1-2H3. The average Bonchev–Trinajstić information content (AvgIpc) is 3.58. The van der Waals surface area contributed by atoms with E-state index in [1.807, 2.05) is 0 Å². The molecule has 2 fully saturated rings. The van der Waals surface area contributed by atoms with Crippen molar-refractivity contribution in [1.82, 2.24) is 9.80 Å². The molecule has 0 N–H and O–H groups in total. The molecule has 5 rings (SSSR count). The summed E-state index contributed by atoms with van der Waals surface area (Å²) in [5.74, 6) is 1.09. The second kappa shape index (κ2) is 8.78. The molecule has 0 spiro atoms. The Balaban J connectivity index is 1.27. The van der Waals surface area contributed by atoms with E-state index in [1.54, 1.807) is 0 Å². The van der Waals surface area contributed by atoms with E-state index in [2.05, 4.69) is 66.1 Å². The Morgan fingerprint density at radius 3 is 2.45 bits per heavy atom. The maximum absolute atomic E-state index is 12.6. The van der Waals surface area contributed by atoms with Crippen molar-refractivity contribution in [3.05, 3.63) is 59.2 Å². The van der Waals surface area contributed by atoms with Gasteiger partial charge in [0, 0.05) is 31.6 Å². The quantitative estimate of drug-likeness (QED) is 0.662. The molecule has 0 aromatic heterocycles. The third-order valence-corrected chi connectivity index (χ3v) is 7.73. The first-order valence-electron chi connectivity index (χ1n) is 12.3. The summed E-state index contributed by atoms with van der Waals surface area (Å²) in [6, 6.07) is 16.9. The van der Waals surface area contributed by atoms with E-state index >= 15 is 0 Å². The van der Waals surface area contributed by atoms with Crippen LogP contribution in [0.1, 0.15) is 62.1 Å². The molecule has 31 heavy (non-hydrogen) atoms. The van der Waals surface area contributed by atoms with Gasteiger partial charge in [-0.15, -0.1) is 0 Å². The fourth-order valence-electron chi connectivity index (χ4n) is 5.49. The first-order chi connectivity index (χ1) is 15.1. The molecule has 2 atom stereocenters. The molecular formula is C28H36N2O. The van der Waals surface area contributed by atoms with Crippen LogP contribution in [0.2, 0.25) is 0 Å². The van der Waals surface area contributed by atoms with Crippen LogP contribution in [0.25, 0.3) is 11.1 Å². The van der Waals surface area contributed by atoms with Crippen LogP contribution in [0, 0.1) is 5.92 Å². The van der Waals surface area contributed by atoms with Crippen LogP contribution < -0.4 is 0 Å². The minimum absolute atomic E-state index is 0.316. The summed E-state index contributed by atoms with van der Waals surface area (Å²) in [7, 11) is 0. The molecule has 2 aromatic rings. The molecule has 3 nitrogen and oxygen atoms in total. The van der Waals surface area contributed by atoms with Crippen LogP contribution in [0.5, 0.6) is 0 Å². The van der Waals surface area contributed by atoms with Gasteiger partial charge in [0.2, 0.25) is 5.91 Å². The Hall–Kier alpha value is -2.13. The topological polar surface area (TPSA) is 23.6 Å². The van der Waals surface area contributed by atoms with Crippen LogP contribution in [0.3, 0.4) is 0 Å². The van der Waals surface area contributed by atoms with Gasteiger partial charge in [0.1, 0.15) is 0 Å². The minimum Gasteiger partial charge on any atom is -0.342 e. The zero-order valence-corrected chi connectivity index (χ0v) is 19.1. The van der Waals surface area contributed by atoms with Crippen molar-refractivity contribution in [2.45, 2.75) is 64.3 Å². The Bertz CT molecular complexity index is 931. The number of carbonyl (C=O) groups excluding carboxylic acids is 1. The van der Waals surface area contributed by atoms with Crippen molar-refractivity contribution in [1.29, 1.82) is 0 Å². The predicted molar refractivity (Wildman–Crippen MR) is 127 cm³/mol. The van der Waals surface area contributed by atoms with Gasteiger partial charge in [-0.3, -0.25) is 4.79 Å². The zero-order valence-electron chi connectivity index (χ0n) is 19.1. The lowest BCUT2D eigenvalue weighted by molar-refractivity contribution is -0.132. The van der Waals surface area contributed by atoms with Crippen molar-refractivity contribution in [2.24, 2.45) is 5.92 Å². The fourth-order valence-corrected chi connectivity index (χ4v) is 5.49. The monoisotopic (exact) mass is 416 g/mol. The van der Waals surface area contributed by atoms with Gasteiger partial charge in [-0.1, -0.05) is 49.4 Å². The molecule has 164 valence electrons. The van der Waals surface area contributed by atoms with E-state index in [-0.39, 0.29) is 0 Å². The number of likely N-dealkylation sites (tertiary alicyclic amines) is 1. The number of rotatable bonds is 5. The summed E-state index contributed by atoms with van der Waals surface area (Å²) in [5.41, 5.74) is 6.87. The summed E-state index contributed by atoms with van der Waals surface area (Å²) in [5, 5.41) is 0. The average molecular weight is 417 g/mol. The van der Waals surface area contributed by atoms with E-state index < -0.39 is 0 Å². The molecule has 2 aliphatic heterocycles. The first-order valence-corrected chi connectivity index (χ1v) is 12.3. The summed E-state index contributed by atoms with van der Waals surface area (Å²) in [6.45, 7) is 8.80. The normalized spacial score (nSPS) is 24.1. The number of carbonyl (C=O) groups is 1. The Kier molecular flexibility index (Phi) is 5.88. The van der Waals surface area contributed by atoms with Crippen molar-refractivity contribution in [3.8, 4) is 11.1 Å². The lowest BCUT2D eigenvalue weighted by Crippen LogP contribution is -2.35. The number of hydrogen-bond acceptors (Lipinski definition) is 2. The lowest BCUT2D eigenvalue weighted by atomic mass is 9.91. The van der Waals surface area contributed by atoms with Crippen LogP contribution in [0.15, 0.2) is 42.5 Å². The van der Waals surface area contributed by atoms with Gasteiger partial charge in [0.15, 0.2) is 0 Å². The largest absolute Gasteiger partial charge is 0.342 e. The van der Waals surface area contributed by atoms with Crippen LogP contribution in [-0.2, 0) is 17.6 Å². The molecular weight excluding hydrogens is 380 g/mol. The first kappa shape index (κ1) is 20.8. The van der Waals surface area contributed by atoms with Crippen molar-refractivity contribution in [2.75, 3.05) is 26.2 Å². The van der Waals surface area contributed by atoms with Gasteiger partial charge in [0.25, 0.3) is 0 Å². The highest BCUT2D eigenvalue weighted by Gasteiger charge is 2.35. The highest BCUT2D eigenvalue weighted by atomic mass is 16.2. The van der Waals surface area contributed by atoms with E-state index in [0.717, 1.165) is 44.8 Å². The smallest absolute Gasteiger partial charge is 0.225 e. The van der Waals surface area contributed by atoms with Crippen molar-refractivity contribution < 1.29 is 4.79 Å². The Morgan fingerprint density at radius 1 is 0.968 bits per heavy atom. The number of nitrogens with zero attached hydrogens (tertiary/aromatic N) is 2. The van der Waals surface area contributed by atoms with Crippen LogP contribution in [0.4, 0.5) is 0 Å². The fraction of sp³-hybridized carbons (Fsp3) is 0.536. The number of amides is 1. The summed E-state index contributed by atoms with van der Waals surface area (Å²) >= 11 is 0. The van der Waals surface area contributed by atoms with E-state index in [0.29, 0.717) is 17.7 Å². The minimum atomic E-state index is 0.316. The van der Waals surface area contributed by atoms with Crippen LogP contribution >= 0.6 is 0 Å². The van der Waals surface area contributed by atoms with Gasteiger partial charge in [-0.05, 0) is 85.7 Å². The third-order valence-electron chi connectivity index (χ3n) is 7.73. The molecule has 2 heterocycles. The molecule has 3 heteroatoms. The summed E-state index contributed by atoms with van der Waals surface area (Å²) in [4.78, 5) is 17.4. The SMILES string of the molecule is CC1CN(C(=O)C2CC2)CCc2ccc(-c3ccc(CCN4CCCC4C)cc3)cc21. The van der Waals surface area contributed by atoms with Crippen molar-refractivity contribution >= 4 is 5.91 Å². The molecule has 1 saturated heterocycles. The molecule has 2 aromatic carbocycles. The van der Waals surface area contributed by atoms with Gasteiger partial charge >= 0.3 is 0 Å². The van der Waals surface area contributed by atoms with E-state index in [9.17, 15) is 4.79 Å². The van der Waals surface area contributed by atoms with Gasteiger partial charge in [-0.25, -0.2) is 0 Å². The Morgan fingerprint density at radius 2 is 1.74 bits per heavy atom. The number of fused-ring (bicyclic) bond motifs is 1. The van der Waals surface area contributed by atoms with E-state index in [1.165, 1.54) is 53.7 Å². The second-order valence-electron chi connectivity index (χ2n) is 10.1. The third kappa shape index (κ3) is 4.57. The molecule has 1 aliphatic carbocycles. The van der Waals surface area contributed by atoms with Crippen LogP contribution in [-0.4, -0.2) is 47.9 Å². The Labute approximate surface area is 187 Å². The molecule has 0 bridgehead atoms. The second-order valence-corrected chi connectivity index (χ2v) is 10.1. The van der Waals surface area contributed by atoms with E-state index in [4.69, 9.17) is 0 Å². The molecule has 3 aliphatic rings. The highest BCUT2D eigenvalue weighted by molar-refractivity contribution is 5.81. The lowest BCUT2D eigenvalue weighted by Gasteiger charge is -2.23. The molecule has 1 amide bonds. The van der Waals surface area contributed by atoms with Gasteiger partial charge in [-0.2, -0.15) is 0 Å². The predicted octanol–water partition coefficient (Wildman–Crippen LogP) is 5.28.